The highest BCUT2D eigenvalue weighted by Crippen LogP contribution is 2.26. The molecule has 0 fully saturated rings. The second kappa shape index (κ2) is 2.98. The van der Waals surface area contributed by atoms with E-state index in [1.807, 2.05) is 13.1 Å². The van der Waals surface area contributed by atoms with Crippen molar-refractivity contribution in [2.24, 2.45) is 0 Å². The summed E-state index contributed by atoms with van der Waals surface area (Å²) in [7, 11) is 0. The Morgan fingerprint density at radius 1 is 1.69 bits per heavy atom. The van der Waals surface area contributed by atoms with Crippen molar-refractivity contribution in [3.05, 3.63) is 17.7 Å². The minimum Gasteiger partial charge on any atom is -0.322 e. The zero-order valence-corrected chi connectivity index (χ0v) is 8.08. The first-order chi connectivity index (χ1) is 6.20. The van der Waals surface area contributed by atoms with Gasteiger partial charge < -0.3 is 4.57 Å². The summed E-state index contributed by atoms with van der Waals surface area (Å²) in [5.74, 6) is 1.22. The Hall–Kier alpha value is -1.12. The summed E-state index contributed by atoms with van der Waals surface area (Å²) in [6.45, 7) is 3.63. The van der Waals surface area contributed by atoms with Crippen LogP contribution in [-0.2, 0) is 11.2 Å². The molecular formula is C10H14N2O. The van der Waals surface area contributed by atoms with Crippen LogP contribution in [0.4, 0.5) is 0 Å². The third-order valence-electron chi connectivity index (χ3n) is 2.75. The molecule has 0 spiro atoms. The van der Waals surface area contributed by atoms with E-state index in [4.69, 9.17) is 0 Å². The van der Waals surface area contributed by atoms with Crippen LogP contribution in [0.15, 0.2) is 6.20 Å². The molecule has 1 aliphatic rings. The lowest BCUT2D eigenvalue weighted by atomic mass is 10.00. The normalized spacial score (nSPS) is 21.2. The summed E-state index contributed by atoms with van der Waals surface area (Å²) in [6.07, 6.45) is 5.03. The Kier molecular flexibility index (Phi) is 1.94. The van der Waals surface area contributed by atoms with Gasteiger partial charge >= 0.3 is 0 Å². The summed E-state index contributed by atoms with van der Waals surface area (Å²) >= 11 is 0. The van der Waals surface area contributed by atoms with Crippen LogP contribution in [0.5, 0.6) is 0 Å². The largest absolute Gasteiger partial charge is 0.322 e. The molecule has 1 aliphatic heterocycles. The molecule has 0 saturated heterocycles. The second-order valence-electron chi connectivity index (χ2n) is 3.69. The molecule has 0 aromatic carbocycles. The average Bonchev–Trinajstić information content (AvgIpc) is 2.48. The van der Waals surface area contributed by atoms with Crippen molar-refractivity contribution in [1.82, 2.24) is 9.55 Å². The van der Waals surface area contributed by atoms with Gasteiger partial charge in [0.25, 0.3) is 0 Å². The first kappa shape index (κ1) is 8.48. The maximum Gasteiger partial charge on any atom is 0.152 e. The molecule has 1 atom stereocenters. The van der Waals surface area contributed by atoms with E-state index in [1.54, 1.807) is 6.92 Å². The first-order valence-electron chi connectivity index (χ1n) is 4.73. The van der Waals surface area contributed by atoms with Crippen LogP contribution in [0.2, 0.25) is 0 Å². The topological polar surface area (TPSA) is 34.9 Å². The standard InChI is InChI=1S/C10H14N2O/c1-7(13)10-5-3-4-9-6-11-8(2)12(9)10/h6,10H,3-5H2,1-2H3. The van der Waals surface area contributed by atoms with Crippen molar-refractivity contribution in [2.45, 2.75) is 39.2 Å². The molecule has 1 unspecified atom stereocenters. The maximum absolute atomic E-state index is 11.4. The molecule has 3 nitrogen and oxygen atoms in total. The van der Waals surface area contributed by atoms with Gasteiger partial charge in [-0.2, -0.15) is 0 Å². The molecule has 0 N–H and O–H groups in total. The number of hydrogen-bond acceptors (Lipinski definition) is 2. The fourth-order valence-corrected chi connectivity index (χ4v) is 2.10. The molecule has 13 heavy (non-hydrogen) atoms. The Balaban J connectivity index is 2.46. The summed E-state index contributed by atoms with van der Waals surface area (Å²) in [5, 5.41) is 0. The minimum atomic E-state index is 0.0475. The van der Waals surface area contributed by atoms with Gasteiger partial charge in [-0.15, -0.1) is 0 Å². The predicted octanol–water partition coefficient (Wildman–Crippen LogP) is 1.66. The fourth-order valence-electron chi connectivity index (χ4n) is 2.10. The number of Topliss-reactive ketones (excluding diaryl/α,β-unsaturated/α-hetero) is 1. The lowest BCUT2D eigenvalue weighted by Crippen LogP contribution is -2.24. The lowest BCUT2D eigenvalue weighted by Gasteiger charge is -2.24. The van der Waals surface area contributed by atoms with Crippen LogP contribution in [0.1, 0.15) is 37.3 Å². The Bertz CT molecular complexity index is 341. The number of aromatic nitrogens is 2. The predicted molar refractivity (Wildman–Crippen MR) is 49.6 cm³/mol. The Morgan fingerprint density at radius 3 is 3.15 bits per heavy atom. The zero-order chi connectivity index (χ0) is 9.42. The molecule has 1 aromatic heterocycles. The van der Waals surface area contributed by atoms with Crippen molar-refractivity contribution in [1.29, 1.82) is 0 Å². The van der Waals surface area contributed by atoms with Crippen molar-refractivity contribution in [3.63, 3.8) is 0 Å². The fraction of sp³-hybridized carbons (Fsp3) is 0.600. The number of imidazole rings is 1. The molecule has 0 amide bonds. The van der Waals surface area contributed by atoms with Gasteiger partial charge in [-0.1, -0.05) is 0 Å². The highest BCUT2D eigenvalue weighted by Gasteiger charge is 2.24. The summed E-state index contributed by atoms with van der Waals surface area (Å²) < 4.78 is 2.09. The third-order valence-corrected chi connectivity index (χ3v) is 2.75. The number of hydrogen-bond donors (Lipinski definition) is 0. The van der Waals surface area contributed by atoms with E-state index in [1.165, 1.54) is 5.69 Å². The van der Waals surface area contributed by atoms with E-state index < -0.39 is 0 Å². The third kappa shape index (κ3) is 1.28. The van der Waals surface area contributed by atoms with Crippen molar-refractivity contribution in [3.8, 4) is 0 Å². The number of ketones is 1. The van der Waals surface area contributed by atoms with E-state index in [2.05, 4.69) is 9.55 Å². The zero-order valence-electron chi connectivity index (χ0n) is 8.08. The van der Waals surface area contributed by atoms with Crippen LogP contribution in [-0.4, -0.2) is 15.3 Å². The summed E-state index contributed by atoms with van der Waals surface area (Å²) in [4.78, 5) is 15.6. The van der Waals surface area contributed by atoms with Crippen molar-refractivity contribution in [2.75, 3.05) is 0 Å². The Labute approximate surface area is 77.8 Å². The van der Waals surface area contributed by atoms with E-state index in [-0.39, 0.29) is 11.8 Å². The summed E-state index contributed by atoms with van der Waals surface area (Å²) in [6, 6.07) is 0.0475. The minimum absolute atomic E-state index is 0.0475. The van der Waals surface area contributed by atoms with Crippen molar-refractivity contribution >= 4 is 5.78 Å². The monoisotopic (exact) mass is 178 g/mol. The smallest absolute Gasteiger partial charge is 0.152 e. The molecule has 0 saturated carbocycles. The van der Waals surface area contributed by atoms with Crippen LogP contribution < -0.4 is 0 Å². The first-order valence-corrected chi connectivity index (χ1v) is 4.73. The van der Waals surface area contributed by atoms with Gasteiger partial charge in [0.15, 0.2) is 5.78 Å². The van der Waals surface area contributed by atoms with Crippen LogP contribution in [0, 0.1) is 6.92 Å². The SMILES string of the molecule is CC(=O)C1CCCc2cnc(C)n21. The van der Waals surface area contributed by atoms with E-state index >= 15 is 0 Å². The number of rotatable bonds is 1. The number of nitrogens with zero attached hydrogens (tertiary/aromatic N) is 2. The van der Waals surface area contributed by atoms with Crippen molar-refractivity contribution < 1.29 is 4.79 Å². The van der Waals surface area contributed by atoms with Gasteiger partial charge in [0.1, 0.15) is 5.82 Å². The molecule has 2 rings (SSSR count). The molecule has 0 bridgehead atoms. The second-order valence-corrected chi connectivity index (χ2v) is 3.69. The quantitative estimate of drug-likeness (QED) is 0.655. The van der Waals surface area contributed by atoms with Gasteiger partial charge in [0.05, 0.1) is 6.04 Å². The molecule has 0 aliphatic carbocycles. The number of carbonyl (C=O) groups excluding carboxylic acids is 1. The maximum atomic E-state index is 11.4. The lowest BCUT2D eigenvalue weighted by molar-refractivity contribution is -0.120. The highest BCUT2D eigenvalue weighted by molar-refractivity contribution is 5.80. The summed E-state index contributed by atoms with van der Waals surface area (Å²) in [5.41, 5.74) is 1.21. The van der Waals surface area contributed by atoms with Crippen LogP contribution in [0.3, 0.4) is 0 Å². The highest BCUT2D eigenvalue weighted by atomic mass is 16.1. The molecule has 0 radical (unpaired) electrons. The van der Waals surface area contributed by atoms with Gasteiger partial charge in [-0.3, -0.25) is 4.79 Å². The average molecular weight is 178 g/mol. The Morgan fingerprint density at radius 2 is 2.46 bits per heavy atom. The number of carbonyl (C=O) groups is 1. The van der Waals surface area contributed by atoms with Gasteiger partial charge in [0, 0.05) is 11.9 Å². The number of aryl methyl sites for hydroxylation is 2. The van der Waals surface area contributed by atoms with E-state index in [9.17, 15) is 4.79 Å². The van der Waals surface area contributed by atoms with E-state index in [0.717, 1.165) is 25.1 Å². The van der Waals surface area contributed by atoms with Gasteiger partial charge in [-0.05, 0) is 33.1 Å². The molecule has 70 valence electrons. The molecule has 1 aromatic rings. The molecular weight excluding hydrogens is 164 g/mol. The molecule has 2 heterocycles. The van der Waals surface area contributed by atoms with Gasteiger partial charge in [0.2, 0.25) is 0 Å². The number of fused-ring (bicyclic) bond motifs is 1. The molecule has 3 heteroatoms. The van der Waals surface area contributed by atoms with Gasteiger partial charge in [-0.25, -0.2) is 4.98 Å². The van der Waals surface area contributed by atoms with Crippen LogP contribution >= 0.6 is 0 Å². The van der Waals surface area contributed by atoms with E-state index in [0.29, 0.717) is 0 Å². The van der Waals surface area contributed by atoms with Crippen LogP contribution in [0.25, 0.3) is 0 Å².